The van der Waals surface area contributed by atoms with E-state index < -0.39 is 0 Å². The molecule has 2 nitrogen and oxygen atoms in total. The Kier molecular flexibility index (Phi) is 2.11. The van der Waals surface area contributed by atoms with E-state index in [1.807, 2.05) is 13.1 Å². The van der Waals surface area contributed by atoms with Crippen LogP contribution >= 0.6 is 11.6 Å². The van der Waals surface area contributed by atoms with Crippen molar-refractivity contribution in [3.63, 3.8) is 0 Å². The summed E-state index contributed by atoms with van der Waals surface area (Å²) >= 11 is 5.78. The van der Waals surface area contributed by atoms with Crippen LogP contribution in [0, 0.1) is 0 Å². The summed E-state index contributed by atoms with van der Waals surface area (Å²) in [7, 11) is 1.97. The van der Waals surface area contributed by atoms with Crippen molar-refractivity contribution in [2.45, 2.75) is 25.3 Å². The quantitative estimate of drug-likeness (QED) is 0.728. The SMILES string of the molecule is CNC1CCCc2oc(Cl)cc21. The molecule has 0 bridgehead atoms. The third kappa shape index (κ3) is 1.25. The molecule has 66 valence electrons. The highest BCUT2D eigenvalue weighted by Crippen LogP contribution is 2.33. The van der Waals surface area contributed by atoms with Gasteiger partial charge in [0, 0.05) is 24.1 Å². The molecule has 0 fully saturated rings. The van der Waals surface area contributed by atoms with Gasteiger partial charge in [-0.15, -0.1) is 0 Å². The maximum Gasteiger partial charge on any atom is 0.193 e. The average molecular weight is 186 g/mol. The fraction of sp³-hybridized carbons (Fsp3) is 0.556. The zero-order chi connectivity index (χ0) is 8.55. The minimum Gasteiger partial charge on any atom is -0.449 e. The molecule has 0 aromatic carbocycles. The highest BCUT2D eigenvalue weighted by atomic mass is 35.5. The molecule has 3 heteroatoms. The van der Waals surface area contributed by atoms with Gasteiger partial charge in [0.1, 0.15) is 5.76 Å². The summed E-state index contributed by atoms with van der Waals surface area (Å²) in [6.45, 7) is 0. The second-order valence-corrected chi connectivity index (χ2v) is 3.54. The highest BCUT2D eigenvalue weighted by molar-refractivity contribution is 6.28. The summed E-state index contributed by atoms with van der Waals surface area (Å²) in [5, 5.41) is 3.77. The third-order valence-electron chi connectivity index (χ3n) is 2.43. The third-order valence-corrected chi connectivity index (χ3v) is 2.62. The van der Waals surface area contributed by atoms with Crippen molar-refractivity contribution in [1.29, 1.82) is 0 Å². The van der Waals surface area contributed by atoms with Crippen molar-refractivity contribution in [3.05, 3.63) is 22.6 Å². The molecule has 2 rings (SSSR count). The van der Waals surface area contributed by atoms with Crippen molar-refractivity contribution in [2.75, 3.05) is 7.05 Å². The number of furan rings is 1. The Morgan fingerprint density at radius 2 is 2.50 bits per heavy atom. The largest absolute Gasteiger partial charge is 0.449 e. The van der Waals surface area contributed by atoms with Gasteiger partial charge in [0.15, 0.2) is 5.22 Å². The van der Waals surface area contributed by atoms with Crippen LogP contribution in [0.2, 0.25) is 5.22 Å². The Morgan fingerprint density at radius 1 is 1.67 bits per heavy atom. The van der Waals surface area contributed by atoms with Crippen LogP contribution in [0.25, 0.3) is 0 Å². The minimum atomic E-state index is 0.435. The molecule has 12 heavy (non-hydrogen) atoms. The molecular weight excluding hydrogens is 174 g/mol. The first kappa shape index (κ1) is 8.14. The molecular formula is C9H12ClNO. The fourth-order valence-electron chi connectivity index (χ4n) is 1.82. The van der Waals surface area contributed by atoms with Crippen molar-refractivity contribution in [3.8, 4) is 0 Å². The maximum atomic E-state index is 5.78. The summed E-state index contributed by atoms with van der Waals surface area (Å²) in [5.74, 6) is 1.06. The van der Waals surface area contributed by atoms with Crippen LogP contribution in [0.5, 0.6) is 0 Å². The lowest BCUT2D eigenvalue weighted by molar-refractivity contribution is 0.429. The Labute approximate surface area is 76.9 Å². The molecule has 1 aromatic rings. The van der Waals surface area contributed by atoms with Gasteiger partial charge >= 0.3 is 0 Å². The number of aryl methyl sites for hydroxylation is 1. The Morgan fingerprint density at radius 3 is 3.25 bits per heavy atom. The van der Waals surface area contributed by atoms with E-state index in [0.717, 1.165) is 12.2 Å². The second-order valence-electron chi connectivity index (χ2n) is 3.16. The van der Waals surface area contributed by atoms with Crippen LogP contribution in [-0.2, 0) is 6.42 Å². The predicted octanol–water partition coefficient (Wildman–Crippen LogP) is 2.53. The first-order chi connectivity index (χ1) is 5.81. The molecule has 1 aromatic heterocycles. The molecule has 0 spiro atoms. The van der Waals surface area contributed by atoms with Gasteiger partial charge in [-0.1, -0.05) is 0 Å². The van der Waals surface area contributed by atoms with Crippen LogP contribution < -0.4 is 5.32 Å². The van der Waals surface area contributed by atoms with E-state index in [1.165, 1.54) is 18.4 Å². The van der Waals surface area contributed by atoms with Crippen LogP contribution in [-0.4, -0.2) is 7.05 Å². The van der Waals surface area contributed by atoms with Crippen molar-refractivity contribution in [1.82, 2.24) is 5.32 Å². The van der Waals surface area contributed by atoms with Gasteiger partial charge in [-0.3, -0.25) is 0 Å². The van der Waals surface area contributed by atoms with Gasteiger partial charge in [-0.2, -0.15) is 0 Å². The smallest absolute Gasteiger partial charge is 0.193 e. The molecule has 1 N–H and O–H groups in total. The molecule has 0 saturated heterocycles. The first-order valence-corrected chi connectivity index (χ1v) is 4.64. The molecule has 1 heterocycles. The first-order valence-electron chi connectivity index (χ1n) is 4.26. The van der Waals surface area contributed by atoms with Crippen molar-refractivity contribution < 1.29 is 4.42 Å². The summed E-state index contributed by atoms with van der Waals surface area (Å²) in [5.41, 5.74) is 1.24. The Hall–Kier alpha value is -0.470. The van der Waals surface area contributed by atoms with Crippen molar-refractivity contribution >= 4 is 11.6 Å². The summed E-state index contributed by atoms with van der Waals surface area (Å²) < 4.78 is 5.36. The predicted molar refractivity (Wildman–Crippen MR) is 48.5 cm³/mol. The van der Waals surface area contributed by atoms with Crippen LogP contribution in [0.4, 0.5) is 0 Å². The van der Waals surface area contributed by atoms with Crippen LogP contribution in [0.3, 0.4) is 0 Å². The number of rotatable bonds is 1. The van der Waals surface area contributed by atoms with Gasteiger partial charge in [-0.05, 0) is 31.5 Å². The summed E-state index contributed by atoms with van der Waals surface area (Å²) in [4.78, 5) is 0. The molecule has 1 aliphatic rings. The van der Waals surface area contributed by atoms with E-state index in [-0.39, 0.29) is 0 Å². The lowest BCUT2D eigenvalue weighted by Gasteiger charge is -2.20. The topological polar surface area (TPSA) is 25.2 Å². The van der Waals surface area contributed by atoms with Crippen LogP contribution in [0.1, 0.15) is 30.2 Å². The normalized spacial score (nSPS) is 22.3. The van der Waals surface area contributed by atoms with E-state index in [1.54, 1.807) is 0 Å². The second kappa shape index (κ2) is 3.11. The zero-order valence-corrected chi connectivity index (χ0v) is 7.82. The average Bonchev–Trinajstić information content (AvgIpc) is 2.44. The lowest BCUT2D eigenvalue weighted by atomic mass is 9.94. The Bertz CT molecular complexity index is 282. The number of hydrogen-bond donors (Lipinski definition) is 1. The molecule has 0 amide bonds. The minimum absolute atomic E-state index is 0.435. The number of fused-ring (bicyclic) bond motifs is 1. The van der Waals surface area contributed by atoms with E-state index >= 15 is 0 Å². The van der Waals surface area contributed by atoms with Gasteiger partial charge in [-0.25, -0.2) is 0 Å². The molecule has 0 saturated carbocycles. The van der Waals surface area contributed by atoms with E-state index in [2.05, 4.69) is 5.32 Å². The lowest BCUT2D eigenvalue weighted by Crippen LogP contribution is -2.20. The van der Waals surface area contributed by atoms with Crippen LogP contribution in [0.15, 0.2) is 10.5 Å². The summed E-state index contributed by atoms with van der Waals surface area (Å²) in [6, 6.07) is 2.36. The van der Waals surface area contributed by atoms with Gasteiger partial charge in [0.05, 0.1) is 0 Å². The van der Waals surface area contributed by atoms with E-state index in [0.29, 0.717) is 11.3 Å². The van der Waals surface area contributed by atoms with Gasteiger partial charge < -0.3 is 9.73 Å². The zero-order valence-electron chi connectivity index (χ0n) is 7.06. The van der Waals surface area contributed by atoms with E-state index in [9.17, 15) is 0 Å². The maximum absolute atomic E-state index is 5.78. The molecule has 0 radical (unpaired) electrons. The highest BCUT2D eigenvalue weighted by Gasteiger charge is 2.22. The standard InChI is InChI=1S/C9H12ClNO/c1-11-7-3-2-4-8-6(7)5-9(10)12-8/h5,7,11H,2-4H2,1H3. The number of halogens is 1. The summed E-state index contributed by atoms with van der Waals surface area (Å²) in [6.07, 6.45) is 3.39. The van der Waals surface area contributed by atoms with Gasteiger partial charge in [0.2, 0.25) is 0 Å². The van der Waals surface area contributed by atoms with Crippen molar-refractivity contribution in [2.24, 2.45) is 0 Å². The van der Waals surface area contributed by atoms with E-state index in [4.69, 9.17) is 16.0 Å². The molecule has 1 aliphatic carbocycles. The van der Waals surface area contributed by atoms with Gasteiger partial charge in [0.25, 0.3) is 0 Å². The number of hydrogen-bond acceptors (Lipinski definition) is 2. The number of nitrogens with one attached hydrogen (secondary N) is 1. The molecule has 0 aliphatic heterocycles. The fourth-order valence-corrected chi connectivity index (χ4v) is 2.03. The monoisotopic (exact) mass is 185 g/mol. The Balaban J connectivity index is 2.36. The molecule has 1 atom stereocenters. The molecule has 1 unspecified atom stereocenters.